The molecule has 102 valence electrons. The van der Waals surface area contributed by atoms with Gasteiger partial charge in [-0.3, -0.25) is 0 Å². The zero-order chi connectivity index (χ0) is 13.8. The number of anilines is 1. The molecule has 1 N–H and O–H groups in total. The minimum absolute atomic E-state index is 0.161. The standard InChI is InChI=1S/C13H17ClN4S/c1-4-9(13-15-6-7-19-13)16-12-8(3)11(14)17-10(5-2)18-12/h6-7,9H,4-5H2,1-3H3,(H,16,17,18). The van der Waals surface area contributed by atoms with Crippen molar-refractivity contribution >= 4 is 28.8 Å². The van der Waals surface area contributed by atoms with Gasteiger partial charge in [0.1, 0.15) is 21.8 Å². The van der Waals surface area contributed by atoms with E-state index in [1.54, 1.807) is 11.3 Å². The second-order valence-corrected chi connectivity index (χ2v) is 5.52. The fourth-order valence-electron chi connectivity index (χ4n) is 1.74. The Balaban J connectivity index is 2.29. The zero-order valence-corrected chi connectivity index (χ0v) is 12.8. The third-order valence-electron chi connectivity index (χ3n) is 2.92. The minimum Gasteiger partial charge on any atom is -0.360 e. The molecule has 0 saturated carbocycles. The Kier molecular flexibility index (Phi) is 4.71. The summed E-state index contributed by atoms with van der Waals surface area (Å²) in [5, 5.41) is 6.99. The van der Waals surface area contributed by atoms with Crippen LogP contribution in [0.5, 0.6) is 0 Å². The van der Waals surface area contributed by atoms with Crippen molar-refractivity contribution in [2.45, 2.75) is 39.7 Å². The molecule has 19 heavy (non-hydrogen) atoms. The lowest BCUT2D eigenvalue weighted by Crippen LogP contribution is -2.13. The number of nitrogens with zero attached hydrogens (tertiary/aromatic N) is 3. The molecule has 1 atom stereocenters. The topological polar surface area (TPSA) is 50.7 Å². The van der Waals surface area contributed by atoms with Gasteiger partial charge >= 0.3 is 0 Å². The molecule has 0 saturated heterocycles. The van der Waals surface area contributed by atoms with E-state index in [1.807, 2.05) is 25.4 Å². The lowest BCUT2D eigenvalue weighted by molar-refractivity contribution is 0.733. The first-order chi connectivity index (χ1) is 9.15. The Morgan fingerprint density at radius 2 is 2.16 bits per heavy atom. The minimum atomic E-state index is 0.161. The second kappa shape index (κ2) is 6.30. The van der Waals surface area contributed by atoms with Crippen molar-refractivity contribution in [1.29, 1.82) is 0 Å². The lowest BCUT2D eigenvalue weighted by Gasteiger charge is -2.17. The van der Waals surface area contributed by atoms with Crippen LogP contribution in [0.3, 0.4) is 0 Å². The summed E-state index contributed by atoms with van der Waals surface area (Å²) in [6.07, 6.45) is 3.53. The Morgan fingerprint density at radius 1 is 1.37 bits per heavy atom. The predicted octanol–water partition coefficient (Wildman–Crippen LogP) is 4.02. The van der Waals surface area contributed by atoms with Crippen LogP contribution in [-0.2, 0) is 6.42 Å². The number of aromatic nitrogens is 3. The van der Waals surface area contributed by atoms with E-state index in [4.69, 9.17) is 11.6 Å². The van der Waals surface area contributed by atoms with Gasteiger partial charge in [0.2, 0.25) is 0 Å². The fraction of sp³-hybridized carbons (Fsp3) is 0.462. The van der Waals surface area contributed by atoms with E-state index >= 15 is 0 Å². The molecule has 0 fully saturated rings. The summed E-state index contributed by atoms with van der Waals surface area (Å²) in [7, 11) is 0. The number of halogens is 1. The highest BCUT2D eigenvalue weighted by atomic mass is 35.5. The number of thiazole rings is 1. The SMILES string of the molecule is CCc1nc(Cl)c(C)c(NC(CC)c2nccs2)n1. The number of rotatable bonds is 5. The van der Waals surface area contributed by atoms with Gasteiger partial charge in [-0.25, -0.2) is 15.0 Å². The van der Waals surface area contributed by atoms with E-state index in [0.717, 1.165) is 35.1 Å². The van der Waals surface area contributed by atoms with Gasteiger partial charge in [-0.05, 0) is 13.3 Å². The van der Waals surface area contributed by atoms with Gasteiger partial charge in [-0.1, -0.05) is 25.4 Å². The average Bonchev–Trinajstić information content (AvgIpc) is 2.94. The summed E-state index contributed by atoms with van der Waals surface area (Å²) in [6.45, 7) is 6.07. The lowest BCUT2D eigenvalue weighted by atomic mass is 10.2. The van der Waals surface area contributed by atoms with E-state index in [2.05, 4.69) is 27.2 Å². The summed E-state index contributed by atoms with van der Waals surface area (Å²) >= 11 is 7.79. The molecular formula is C13H17ClN4S. The number of hydrogen-bond acceptors (Lipinski definition) is 5. The molecule has 0 aliphatic heterocycles. The summed E-state index contributed by atoms with van der Waals surface area (Å²) in [5.74, 6) is 1.56. The monoisotopic (exact) mass is 296 g/mol. The molecule has 2 aromatic heterocycles. The normalized spacial score (nSPS) is 12.4. The van der Waals surface area contributed by atoms with Crippen LogP contribution in [0.25, 0.3) is 0 Å². The largest absolute Gasteiger partial charge is 0.360 e. The molecule has 0 aliphatic carbocycles. The van der Waals surface area contributed by atoms with Crippen molar-refractivity contribution in [3.8, 4) is 0 Å². The Morgan fingerprint density at radius 3 is 2.74 bits per heavy atom. The van der Waals surface area contributed by atoms with Crippen molar-refractivity contribution < 1.29 is 0 Å². The maximum absolute atomic E-state index is 6.15. The van der Waals surface area contributed by atoms with Crippen LogP contribution in [0.1, 0.15) is 42.7 Å². The molecule has 6 heteroatoms. The van der Waals surface area contributed by atoms with Crippen LogP contribution in [0, 0.1) is 6.92 Å². The van der Waals surface area contributed by atoms with E-state index in [9.17, 15) is 0 Å². The van der Waals surface area contributed by atoms with Crippen molar-refractivity contribution in [3.63, 3.8) is 0 Å². The fourth-order valence-corrected chi connectivity index (χ4v) is 2.70. The number of hydrogen-bond donors (Lipinski definition) is 1. The number of nitrogens with one attached hydrogen (secondary N) is 1. The van der Waals surface area contributed by atoms with E-state index in [-0.39, 0.29) is 6.04 Å². The average molecular weight is 297 g/mol. The molecule has 2 aromatic rings. The number of aryl methyl sites for hydroxylation is 1. The molecule has 0 amide bonds. The summed E-state index contributed by atoms with van der Waals surface area (Å²) < 4.78 is 0. The van der Waals surface area contributed by atoms with Crippen molar-refractivity contribution in [2.75, 3.05) is 5.32 Å². The van der Waals surface area contributed by atoms with Crippen LogP contribution in [-0.4, -0.2) is 15.0 Å². The van der Waals surface area contributed by atoms with Gasteiger partial charge in [-0.15, -0.1) is 11.3 Å². The molecule has 0 aromatic carbocycles. The summed E-state index contributed by atoms with van der Waals surface area (Å²) in [5.41, 5.74) is 0.883. The molecule has 4 nitrogen and oxygen atoms in total. The van der Waals surface area contributed by atoms with Crippen molar-refractivity contribution in [3.05, 3.63) is 33.1 Å². The Hall–Kier alpha value is -1.20. The van der Waals surface area contributed by atoms with Gasteiger partial charge in [0.15, 0.2) is 0 Å². The van der Waals surface area contributed by atoms with Crippen LogP contribution in [0.15, 0.2) is 11.6 Å². The van der Waals surface area contributed by atoms with E-state index in [1.165, 1.54) is 0 Å². The predicted molar refractivity (Wildman–Crippen MR) is 79.9 cm³/mol. The van der Waals surface area contributed by atoms with Crippen molar-refractivity contribution in [2.24, 2.45) is 0 Å². The van der Waals surface area contributed by atoms with Crippen LogP contribution in [0.2, 0.25) is 5.15 Å². The highest BCUT2D eigenvalue weighted by Crippen LogP contribution is 2.27. The summed E-state index contributed by atoms with van der Waals surface area (Å²) in [4.78, 5) is 13.1. The van der Waals surface area contributed by atoms with Crippen LogP contribution >= 0.6 is 22.9 Å². The molecule has 0 aliphatic rings. The molecule has 0 radical (unpaired) electrons. The first-order valence-electron chi connectivity index (χ1n) is 6.34. The molecule has 0 bridgehead atoms. The van der Waals surface area contributed by atoms with Crippen molar-refractivity contribution in [1.82, 2.24) is 15.0 Å². The Labute approximate surface area is 122 Å². The summed E-state index contributed by atoms with van der Waals surface area (Å²) in [6, 6.07) is 0.161. The van der Waals surface area contributed by atoms with Gasteiger partial charge in [0.25, 0.3) is 0 Å². The first kappa shape index (κ1) is 14.2. The Bertz CT molecular complexity index is 542. The van der Waals surface area contributed by atoms with E-state index in [0.29, 0.717) is 5.15 Å². The smallest absolute Gasteiger partial charge is 0.137 e. The molecule has 2 heterocycles. The zero-order valence-electron chi connectivity index (χ0n) is 11.3. The molecule has 2 rings (SSSR count). The maximum Gasteiger partial charge on any atom is 0.137 e. The van der Waals surface area contributed by atoms with Crippen LogP contribution < -0.4 is 5.32 Å². The molecular weight excluding hydrogens is 280 g/mol. The van der Waals surface area contributed by atoms with Gasteiger partial charge < -0.3 is 5.32 Å². The second-order valence-electron chi connectivity index (χ2n) is 4.23. The third kappa shape index (κ3) is 3.22. The van der Waals surface area contributed by atoms with Crippen LogP contribution in [0.4, 0.5) is 5.82 Å². The maximum atomic E-state index is 6.15. The third-order valence-corrected chi connectivity index (χ3v) is 4.17. The van der Waals surface area contributed by atoms with E-state index < -0.39 is 0 Å². The molecule has 0 spiro atoms. The first-order valence-corrected chi connectivity index (χ1v) is 7.60. The van der Waals surface area contributed by atoms with Gasteiger partial charge in [-0.2, -0.15) is 0 Å². The van der Waals surface area contributed by atoms with Gasteiger partial charge in [0, 0.05) is 23.6 Å². The molecule has 1 unspecified atom stereocenters. The highest BCUT2D eigenvalue weighted by molar-refractivity contribution is 7.09. The quantitative estimate of drug-likeness (QED) is 0.847. The highest BCUT2D eigenvalue weighted by Gasteiger charge is 2.16. The van der Waals surface area contributed by atoms with Gasteiger partial charge in [0.05, 0.1) is 6.04 Å².